The number of carbonyl (C=O) groups is 3. The fourth-order valence-electron chi connectivity index (χ4n) is 4.08. The third-order valence-corrected chi connectivity index (χ3v) is 7.97. The number of nitrogens with one attached hydrogen (secondary N) is 3. The Kier molecular flexibility index (Phi) is 8.93. The van der Waals surface area contributed by atoms with Gasteiger partial charge in [0.25, 0.3) is 11.8 Å². The van der Waals surface area contributed by atoms with Crippen LogP contribution in [0, 0.1) is 0 Å². The van der Waals surface area contributed by atoms with Crippen LogP contribution in [0.25, 0.3) is 16.8 Å². The lowest BCUT2D eigenvalue weighted by Crippen LogP contribution is -2.30. The number of carbonyl (C=O) groups excluding carboxylic acids is 3. The molecule has 3 N–H and O–H groups in total. The predicted octanol–water partition coefficient (Wildman–Crippen LogP) is 7.43. The fraction of sp³-hybridized carbons (Fsp3) is 0.0606. The van der Waals surface area contributed by atoms with Crippen LogP contribution in [0.5, 0.6) is 0 Å². The summed E-state index contributed by atoms with van der Waals surface area (Å²) in [4.78, 5) is 39.8. The van der Waals surface area contributed by atoms with Crippen molar-refractivity contribution in [3.8, 4) is 0 Å². The highest BCUT2D eigenvalue weighted by molar-refractivity contribution is 8.00. The molecule has 8 heteroatoms. The number of hydrogen-bond acceptors (Lipinski definition) is 5. The van der Waals surface area contributed by atoms with E-state index in [0.29, 0.717) is 11.3 Å². The molecule has 1 heterocycles. The number of fused-ring (bicyclic) bond motifs is 1. The summed E-state index contributed by atoms with van der Waals surface area (Å²) in [6, 6.07) is 31.7. The quantitative estimate of drug-likeness (QED) is 0.126. The monoisotopic (exact) mass is 577 g/mol. The summed E-state index contributed by atoms with van der Waals surface area (Å²) in [5.74, 6) is -0.952. The summed E-state index contributed by atoms with van der Waals surface area (Å²) in [5.41, 5.74) is 2.67. The Bertz CT molecular complexity index is 1720. The molecule has 0 aliphatic heterocycles. The van der Waals surface area contributed by atoms with Crippen LogP contribution in [0.4, 0.5) is 11.4 Å². The minimum Gasteiger partial charge on any atom is -0.325 e. The maximum absolute atomic E-state index is 13.3. The maximum atomic E-state index is 13.3. The molecule has 4 aromatic carbocycles. The summed E-state index contributed by atoms with van der Waals surface area (Å²) in [7, 11) is 0. The molecule has 6 nitrogen and oxygen atoms in total. The minimum atomic E-state index is -0.454. The lowest BCUT2D eigenvalue weighted by Gasteiger charge is -2.14. The SMILES string of the molecule is CC(Sc1cccc(NC(=O)/C(=C/c2ccsc2)NC(=O)c2ccccc2)c1)C(=O)Nc1ccc2ccccc2c1. The van der Waals surface area contributed by atoms with Gasteiger partial charge in [0.15, 0.2) is 0 Å². The fourth-order valence-corrected chi connectivity index (χ4v) is 5.62. The van der Waals surface area contributed by atoms with Crippen molar-refractivity contribution in [2.24, 2.45) is 0 Å². The normalized spacial score (nSPS) is 12.0. The van der Waals surface area contributed by atoms with E-state index >= 15 is 0 Å². The van der Waals surface area contributed by atoms with Crippen molar-refractivity contribution in [1.29, 1.82) is 0 Å². The van der Waals surface area contributed by atoms with Crippen molar-refractivity contribution in [2.45, 2.75) is 17.1 Å². The molecular formula is C33H27N3O3S2. The van der Waals surface area contributed by atoms with Gasteiger partial charge in [-0.25, -0.2) is 0 Å². The molecule has 5 aromatic rings. The first-order chi connectivity index (χ1) is 19.9. The molecule has 0 aliphatic rings. The van der Waals surface area contributed by atoms with Crippen LogP contribution in [0.2, 0.25) is 0 Å². The molecule has 5 rings (SSSR count). The van der Waals surface area contributed by atoms with Crippen molar-refractivity contribution in [1.82, 2.24) is 5.32 Å². The van der Waals surface area contributed by atoms with Crippen molar-refractivity contribution in [3.63, 3.8) is 0 Å². The highest BCUT2D eigenvalue weighted by Crippen LogP contribution is 2.27. The molecule has 1 aromatic heterocycles. The van der Waals surface area contributed by atoms with Gasteiger partial charge in [-0.3, -0.25) is 14.4 Å². The topological polar surface area (TPSA) is 87.3 Å². The Morgan fingerprint density at radius 1 is 0.780 bits per heavy atom. The van der Waals surface area contributed by atoms with Gasteiger partial charge in [-0.2, -0.15) is 11.3 Å². The number of rotatable bonds is 9. The van der Waals surface area contributed by atoms with E-state index in [1.807, 2.05) is 90.5 Å². The summed E-state index contributed by atoms with van der Waals surface area (Å²) in [6.07, 6.45) is 1.64. The van der Waals surface area contributed by atoms with E-state index in [-0.39, 0.29) is 22.8 Å². The average Bonchev–Trinajstić information content (AvgIpc) is 3.50. The van der Waals surface area contributed by atoms with Crippen molar-refractivity contribution < 1.29 is 14.4 Å². The molecule has 1 unspecified atom stereocenters. The van der Waals surface area contributed by atoms with Gasteiger partial charge in [0.05, 0.1) is 5.25 Å². The first-order valence-electron chi connectivity index (χ1n) is 12.9. The predicted molar refractivity (Wildman–Crippen MR) is 169 cm³/mol. The van der Waals surface area contributed by atoms with Crippen LogP contribution in [0.1, 0.15) is 22.8 Å². The number of anilines is 2. The minimum absolute atomic E-state index is 0.121. The van der Waals surface area contributed by atoms with Crippen LogP contribution in [0.3, 0.4) is 0 Å². The molecule has 0 aliphatic carbocycles. The zero-order valence-electron chi connectivity index (χ0n) is 22.2. The first-order valence-corrected chi connectivity index (χ1v) is 14.7. The van der Waals surface area contributed by atoms with E-state index in [1.54, 1.807) is 36.4 Å². The summed E-state index contributed by atoms with van der Waals surface area (Å²) in [6.45, 7) is 1.84. The van der Waals surface area contributed by atoms with Crippen molar-refractivity contribution >= 4 is 69.0 Å². The second-order valence-electron chi connectivity index (χ2n) is 9.23. The number of thiophene rings is 1. The van der Waals surface area contributed by atoms with Crippen molar-refractivity contribution in [3.05, 3.63) is 131 Å². The Balaban J connectivity index is 1.25. The summed E-state index contributed by atoms with van der Waals surface area (Å²) < 4.78 is 0. The average molecular weight is 578 g/mol. The lowest BCUT2D eigenvalue weighted by atomic mass is 10.1. The Morgan fingerprint density at radius 2 is 1.54 bits per heavy atom. The van der Waals surface area contributed by atoms with Crippen LogP contribution in [-0.4, -0.2) is 23.0 Å². The Hall–Kier alpha value is -4.66. The van der Waals surface area contributed by atoms with Gasteiger partial charge in [-0.05, 0) is 88.6 Å². The number of thioether (sulfide) groups is 1. The smallest absolute Gasteiger partial charge is 0.272 e. The van der Waals surface area contributed by atoms with Gasteiger partial charge >= 0.3 is 0 Å². The largest absolute Gasteiger partial charge is 0.325 e. The van der Waals surface area contributed by atoms with E-state index in [4.69, 9.17) is 0 Å². The number of amides is 3. The Morgan fingerprint density at radius 3 is 2.32 bits per heavy atom. The van der Waals surface area contributed by atoms with Crippen LogP contribution < -0.4 is 16.0 Å². The summed E-state index contributed by atoms with van der Waals surface area (Å²) in [5, 5.41) is 14.2. The van der Waals surface area contributed by atoms with Crippen LogP contribution in [0.15, 0.2) is 124 Å². The molecule has 0 fully saturated rings. The third-order valence-electron chi connectivity index (χ3n) is 6.17. The van der Waals surface area contributed by atoms with Gasteiger partial charge in [-0.15, -0.1) is 11.8 Å². The van der Waals surface area contributed by atoms with Crippen LogP contribution >= 0.6 is 23.1 Å². The molecule has 0 bridgehead atoms. The third kappa shape index (κ3) is 7.51. The second-order valence-corrected chi connectivity index (χ2v) is 11.4. The van der Waals surface area contributed by atoms with Crippen molar-refractivity contribution in [2.75, 3.05) is 10.6 Å². The molecule has 1 atom stereocenters. The van der Waals surface area contributed by atoms with E-state index < -0.39 is 5.91 Å². The van der Waals surface area contributed by atoms with Gasteiger partial charge < -0.3 is 16.0 Å². The molecule has 0 spiro atoms. The van der Waals surface area contributed by atoms with E-state index in [9.17, 15) is 14.4 Å². The molecule has 3 amide bonds. The summed E-state index contributed by atoms with van der Waals surface area (Å²) >= 11 is 2.89. The van der Waals surface area contributed by atoms with E-state index in [0.717, 1.165) is 26.9 Å². The van der Waals surface area contributed by atoms with Gasteiger partial charge in [0, 0.05) is 21.8 Å². The van der Waals surface area contributed by atoms with Gasteiger partial charge in [0.1, 0.15) is 5.70 Å². The zero-order valence-corrected chi connectivity index (χ0v) is 23.8. The van der Waals surface area contributed by atoms with E-state index in [1.165, 1.54) is 23.1 Å². The number of benzene rings is 4. The maximum Gasteiger partial charge on any atom is 0.272 e. The second kappa shape index (κ2) is 13.1. The van der Waals surface area contributed by atoms with E-state index in [2.05, 4.69) is 16.0 Å². The Labute approximate surface area is 246 Å². The molecule has 0 saturated carbocycles. The lowest BCUT2D eigenvalue weighted by molar-refractivity contribution is -0.115. The standard InChI is InChI=1S/C33H27N3O3S2/c1-22(31(37)34-28-15-14-24-8-5-6-11-26(24)19-28)41-29-13-7-12-27(20-29)35-33(39)30(18-23-16-17-40-21-23)36-32(38)25-9-3-2-4-10-25/h2-22H,1H3,(H,34,37)(H,35,39)(H,36,38)/b30-18-. The number of hydrogen-bond donors (Lipinski definition) is 3. The van der Waals surface area contributed by atoms with Gasteiger partial charge in [-0.1, -0.05) is 54.6 Å². The highest BCUT2D eigenvalue weighted by atomic mass is 32.2. The molecule has 0 saturated heterocycles. The molecular weight excluding hydrogens is 551 g/mol. The van der Waals surface area contributed by atoms with Gasteiger partial charge in [0.2, 0.25) is 5.91 Å². The zero-order chi connectivity index (χ0) is 28.6. The van der Waals surface area contributed by atoms with Crippen LogP contribution in [-0.2, 0) is 9.59 Å². The molecule has 0 radical (unpaired) electrons. The molecule has 204 valence electrons. The first kappa shape index (κ1) is 27.9. The molecule has 41 heavy (non-hydrogen) atoms. The highest BCUT2D eigenvalue weighted by Gasteiger charge is 2.17.